The number of benzene rings is 2. The highest BCUT2D eigenvalue weighted by molar-refractivity contribution is 6.05. The largest absolute Gasteiger partial charge is 0.390 e. The summed E-state index contributed by atoms with van der Waals surface area (Å²) in [5.74, 6) is -0.148. The SMILES string of the molecule is Cc1ccc(-c2cn(CCC3(O)CCC3)nn2)cc1C(=O)Nc1ccccc1. The molecule has 1 aromatic heterocycles. The summed E-state index contributed by atoms with van der Waals surface area (Å²) < 4.78 is 1.76. The molecule has 0 atom stereocenters. The van der Waals surface area contributed by atoms with Crippen molar-refractivity contribution < 1.29 is 9.90 Å². The molecule has 1 aliphatic rings. The van der Waals surface area contributed by atoms with Gasteiger partial charge in [0.1, 0.15) is 5.69 Å². The zero-order valence-electron chi connectivity index (χ0n) is 15.9. The highest BCUT2D eigenvalue weighted by atomic mass is 16.3. The van der Waals surface area contributed by atoms with Crippen LogP contribution in [0.5, 0.6) is 0 Å². The van der Waals surface area contributed by atoms with Gasteiger partial charge in [0.2, 0.25) is 0 Å². The maximum atomic E-state index is 12.7. The summed E-state index contributed by atoms with van der Waals surface area (Å²) in [4.78, 5) is 12.7. The van der Waals surface area contributed by atoms with Gasteiger partial charge in [-0.25, -0.2) is 0 Å². The first-order valence-corrected chi connectivity index (χ1v) is 9.62. The molecule has 1 aliphatic carbocycles. The first-order chi connectivity index (χ1) is 13.5. The van der Waals surface area contributed by atoms with E-state index in [-0.39, 0.29) is 5.91 Å². The third-order valence-electron chi connectivity index (χ3n) is 5.44. The molecule has 6 nitrogen and oxygen atoms in total. The van der Waals surface area contributed by atoms with E-state index < -0.39 is 5.60 Å². The lowest BCUT2D eigenvalue weighted by molar-refractivity contribution is -0.0439. The van der Waals surface area contributed by atoms with Gasteiger partial charge in [0.15, 0.2) is 0 Å². The second-order valence-corrected chi connectivity index (χ2v) is 7.54. The van der Waals surface area contributed by atoms with E-state index in [0.717, 1.165) is 41.8 Å². The molecule has 1 amide bonds. The standard InChI is InChI=1S/C22H24N4O2/c1-16-8-9-17(14-19(16)21(27)23-18-6-3-2-4-7-18)20-15-26(25-24-20)13-12-22(28)10-5-11-22/h2-4,6-9,14-15,28H,5,10-13H2,1H3,(H,23,27). The number of aryl methyl sites for hydroxylation is 2. The summed E-state index contributed by atoms with van der Waals surface area (Å²) in [7, 11) is 0. The minimum Gasteiger partial charge on any atom is -0.390 e. The Morgan fingerprint density at radius 1 is 1.21 bits per heavy atom. The van der Waals surface area contributed by atoms with Crippen molar-refractivity contribution in [3.8, 4) is 11.3 Å². The van der Waals surface area contributed by atoms with Gasteiger partial charge in [-0.05, 0) is 56.4 Å². The number of carbonyl (C=O) groups is 1. The molecule has 1 fully saturated rings. The van der Waals surface area contributed by atoms with Crippen LogP contribution >= 0.6 is 0 Å². The lowest BCUT2D eigenvalue weighted by Crippen LogP contribution is -2.37. The number of anilines is 1. The molecule has 0 aliphatic heterocycles. The van der Waals surface area contributed by atoms with E-state index in [1.807, 2.05) is 61.7 Å². The fourth-order valence-electron chi connectivity index (χ4n) is 3.44. The maximum Gasteiger partial charge on any atom is 0.255 e. The molecule has 0 spiro atoms. The minimum atomic E-state index is -0.529. The molecule has 2 N–H and O–H groups in total. The molecular weight excluding hydrogens is 352 g/mol. The van der Waals surface area contributed by atoms with Crippen LogP contribution < -0.4 is 5.32 Å². The minimum absolute atomic E-state index is 0.148. The summed E-state index contributed by atoms with van der Waals surface area (Å²) in [5.41, 5.74) is 3.30. The normalized spacial score (nSPS) is 15.1. The Balaban J connectivity index is 1.49. The van der Waals surface area contributed by atoms with Gasteiger partial charge in [0.25, 0.3) is 5.91 Å². The van der Waals surface area contributed by atoms with Gasteiger partial charge in [0, 0.05) is 23.4 Å². The van der Waals surface area contributed by atoms with Gasteiger partial charge in [-0.2, -0.15) is 0 Å². The molecule has 1 saturated carbocycles. The molecule has 4 rings (SSSR count). The van der Waals surface area contributed by atoms with E-state index >= 15 is 0 Å². The van der Waals surface area contributed by atoms with Gasteiger partial charge >= 0.3 is 0 Å². The number of rotatable bonds is 6. The third-order valence-corrected chi connectivity index (χ3v) is 5.44. The molecule has 6 heteroatoms. The van der Waals surface area contributed by atoms with Crippen molar-refractivity contribution >= 4 is 11.6 Å². The van der Waals surface area contributed by atoms with Crippen LogP contribution in [0.15, 0.2) is 54.7 Å². The molecule has 0 radical (unpaired) electrons. The number of amides is 1. The van der Waals surface area contributed by atoms with Crippen molar-refractivity contribution in [1.82, 2.24) is 15.0 Å². The Morgan fingerprint density at radius 2 is 2.00 bits per heavy atom. The summed E-state index contributed by atoms with van der Waals surface area (Å²) in [6.45, 7) is 2.55. The fourth-order valence-corrected chi connectivity index (χ4v) is 3.44. The topological polar surface area (TPSA) is 80.0 Å². The quantitative estimate of drug-likeness (QED) is 0.685. The van der Waals surface area contributed by atoms with Gasteiger partial charge < -0.3 is 10.4 Å². The number of nitrogens with zero attached hydrogens (tertiary/aromatic N) is 3. The zero-order valence-corrected chi connectivity index (χ0v) is 15.9. The van der Waals surface area contributed by atoms with Crippen LogP contribution in [-0.4, -0.2) is 31.6 Å². The van der Waals surface area contributed by atoms with Gasteiger partial charge in [-0.1, -0.05) is 35.5 Å². The Hall–Kier alpha value is -2.99. The number of hydrogen-bond acceptors (Lipinski definition) is 4. The number of aliphatic hydroxyl groups is 1. The lowest BCUT2D eigenvalue weighted by atomic mass is 9.78. The number of carbonyl (C=O) groups excluding carboxylic acids is 1. The van der Waals surface area contributed by atoms with Crippen molar-refractivity contribution in [2.24, 2.45) is 0 Å². The Morgan fingerprint density at radius 3 is 2.71 bits per heavy atom. The van der Waals surface area contributed by atoms with Crippen LogP contribution in [0, 0.1) is 6.92 Å². The van der Waals surface area contributed by atoms with Crippen molar-refractivity contribution in [2.75, 3.05) is 5.32 Å². The van der Waals surface area contributed by atoms with E-state index in [0.29, 0.717) is 18.5 Å². The van der Waals surface area contributed by atoms with Gasteiger partial charge in [0.05, 0.1) is 11.8 Å². The second kappa shape index (κ2) is 7.56. The van der Waals surface area contributed by atoms with Crippen molar-refractivity contribution in [2.45, 2.75) is 44.8 Å². The lowest BCUT2D eigenvalue weighted by Gasteiger charge is -2.36. The number of para-hydroxylation sites is 1. The van der Waals surface area contributed by atoms with E-state index in [1.54, 1.807) is 4.68 Å². The molecule has 3 aromatic rings. The van der Waals surface area contributed by atoms with Gasteiger partial charge in [-0.15, -0.1) is 5.10 Å². The fraction of sp³-hybridized carbons (Fsp3) is 0.318. The predicted octanol–water partition coefficient (Wildman–Crippen LogP) is 3.81. The van der Waals surface area contributed by atoms with E-state index in [9.17, 15) is 9.90 Å². The summed E-state index contributed by atoms with van der Waals surface area (Å²) >= 11 is 0. The summed E-state index contributed by atoms with van der Waals surface area (Å²) in [6, 6.07) is 15.1. The second-order valence-electron chi connectivity index (χ2n) is 7.54. The molecular formula is C22H24N4O2. The molecule has 28 heavy (non-hydrogen) atoms. The van der Waals surface area contributed by atoms with Crippen LogP contribution in [0.4, 0.5) is 5.69 Å². The van der Waals surface area contributed by atoms with Crippen LogP contribution in [0.25, 0.3) is 11.3 Å². The average Bonchev–Trinajstić information content (AvgIpc) is 3.15. The monoisotopic (exact) mass is 376 g/mol. The Labute approximate surface area is 164 Å². The first kappa shape index (κ1) is 18.4. The smallest absolute Gasteiger partial charge is 0.255 e. The van der Waals surface area contributed by atoms with E-state index in [1.165, 1.54) is 0 Å². The van der Waals surface area contributed by atoms with Crippen LogP contribution in [0.3, 0.4) is 0 Å². The summed E-state index contributed by atoms with van der Waals surface area (Å²) in [5, 5.41) is 21.6. The molecule has 0 bridgehead atoms. The number of nitrogens with one attached hydrogen (secondary N) is 1. The van der Waals surface area contributed by atoms with Gasteiger partial charge in [-0.3, -0.25) is 9.48 Å². The number of aromatic nitrogens is 3. The summed E-state index contributed by atoms with van der Waals surface area (Å²) in [6.07, 6.45) is 5.38. The third kappa shape index (κ3) is 3.97. The molecule has 0 unspecified atom stereocenters. The highest BCUT2D eigenvalue weighted by Gasteiger charge is 2.33. The Bertz CT molecular complexity index is 977. The molecule has 144 valence electrons. The maximum absolute atomic E-state index is 12.7. The average molecular weight is 376 g/mol. The van der Waals surface area contributed by atoms with E-state index in [4.69, 9.17) is 0 Å². The first-order valence-electron chi connectivity index (χ1n) is 9.62. The zero-order chi connectivity index (χ0) is 19.6. The van der Waals surface area contributed by atoms with Crippen LogP contribution in [-0.2, 0) is 6.54 Å². The predicted molar refractivity (Wildman–Crippen MR) is 108 cm³/mol. The molecule has 1 heterocycles. The van der Waals surface area contributed by atoms with Crippen molar-refractivity contribution in [3.05, 3.63) is 65.9 Å². The molecule has 0 saturated heterocycles. The van der Waals surface area contributed by atoms with Crippen LogP contribution in [0.2, 0.25) is 0 Å². The van der Waals surface area contributed by atoms with Crippen molar-refractivity contribution in [1.29, 1.82) is 0 Å². The highest BCUT2D eigenvalue weighted by Crippen LogP contribution is 2.34. The number of hydrogen-bond donors (Lipinski definition) is 2. The van der Waals surface area contributed by atoms with E-state index in [2.05, 4.69) is 15.6 Å². The van der Waals surface area contributed by atoms with Crippen LogP contribution in [0.1, 0.15) is 41.6 Å². The van der Waals surface area contributed by atoms with Crippen molar-refractivity contribution in [3.63, 3.8) is 0 Å². The molecule has 2 aromatic carbocycles. The Kier molecular flexibility index (Phi) is 4.96.